The molecule has 0 bridgehead atoms. The summed E-state index contributed by atoms with van der Waals surface area (Å²) >= 11 is 1.88. The van der Waals surface area contributed by atoms with E-state index in [2.05, 4.69) is 49.9 Å². The standard InChI is InChI=1S/C13H23N3S/c1-6-10-8-11(14-7-2)16-12(15-10)9-17-13(3,4)5/h8H,6-7,9H2,1-5H3,(H,14,15,16). The number of hydrogen-bond donors (Lipinski definition) is 1. The molecule has 1 aromatic rings. The normalized spacial score (nSPS) is 11.6. The van der Waals surface area contributed by atoms with Crippen molar-refractivity contribution in [1.29, 1.82) is 0 Å². The van der Waals surface area contributed by atoms with Gasteiger partial charge in [0.15, 0.2) is 0 Å². The summed E-state index contributed by atoms with van der Waals surface area (Å²) in [6.45, 7) is 11.7. The minimum Gasteiger partial charge on any atom is -0.370 e. The number of anilines is 1. The van der Waals surface area contributed by atoms with Gasteiger partial charge in [0.1, 0.15) is 11.6 Å². The van der Waals surface area contributed by atoms with Crippen LogP contribution in [0.5, 0.6) is 0 Å². The minimum atomic E-state index is 0.254. The Kier molecular flexibility index (Phi) is 5.25. The summed E-state index contributed by atoms with van der Waals surface area (Å²) in [6.07, 6.45) is 0.952. The van der Waals surface area contributed by atoms with Gasteiger partial charge in [-0.2, -0.15) is 0 Å². The van der Waals surface area contributed by atoms with E-state index in [9.17, 15) is 0 Å². The summed E-state index contributed by atoms with van der Waals surface area (Å²) in [4.78, 5) is 9.10. The zero-order valence-electron chi connectivity index (χ0n) is 11.5. The Bertz CT molecular complexity index is 358. The van der Waals surface area contributed by atoms with Crippen LogP contribution in [-0.2, 0) is 12.2 Å². The van der Waals surface area contributed by atoms with E-state index in [0.717, 1.165) is 36.1 Å². The molecule has 0 aliphatic heterocycles. The molecule has 0 amide bonds. The second kappa shape index (κ2) is 6.24. The van der Waals surface area contributed by atoms with Crippen LogP contribution in [0, 0.1) is 0 Å². The van der Waals surface area contributed by atoms with Crippen LogP contribution in [0.3, 0.4) is 0 Å². The molecule has 1 rings (SSSR count). The Morgan fingerprint density at radius 2 is 1.94 bits per heavy atom. The van der Waals surface area contributed by atoms with Gasteiger partial charge < -0.3 is 5.32 Å². The fourth-order valence-corrected chi connectivity index (χ4v) is 2.04. The molecule has 0 saturated heterocycles. The number of nitrogens with zero attached hydrogens (tertiary/aromatic N) is 2. The summed E-state index contributed by atoms with van der Waals surface area (Å²) in [7, 11) is 0. The van der Waals surface area contributed by atoms with E-state index >= 15 is 0 Å². The van der Waals surface area contributed by atoms with Gasteiger partial charge in [-0.25, -0.2) is 9.97 Å². The fraction of sp³-hybridized carbons (Fsp3) is 0.692. The highest BCUT2D eigenvalue weighted by Gasteiger charge is 2.12. The van der Waals surface area contributed by atoms with Gasteiger partial charge in [0.2, 0.25) is 0 Å². The highest BCUT2D eigenvalue weighted by Crippen LogP contribution is 2.26. The lowest BCUT2D eigenvalue weighted by Crippen LogP contribution is -2.10. The molecule has 0 saturated carbocycles. The van der Waals surface area contributed by atoms with Crippen LogP contribution in [0.25, 0.3) is 0 Å². The average Bonchev–Trinajstić information content (AvgIpc) is 2.25. The van der Waals surface area contributed by atoms with Crippen LogP contribution in [0.1, 0.15) is 46.1 Å². The van der Waals surface area contributed by atoms with Crippen LogP contribution in [0.15, 0.2) is 6.07 Å². The molecular formula is C13H23N3S. The van der Waals surface area contributed by atoms with E-state index in [0.29, 0.717) is 0 Å². The molecule has 3 nitrogen and oxygen atoms in total. The predicted octanol–water partition coefficient (Wildman–Crippen LogP) is 3.50. The van der Waals surface area contributed by atoms with Crippen molar-refractivity contribution in [3.63, 3.8) is 0 Å². The summed E-state index contributed by atoms with van der Waals surface area (Å²) < 4.78 is 0.254. The van der Waals surface area contributed by atoms with Crippen LogP contribution in [-0.4, -0.2) is 21.3 Å². The summed E-state index contributed by atoms with van der Waals surface area (Å²) in [5.74, 6) is 2.75. The smallest absolute Gasteiger partial charge is 0.140 e. The van der Waals surface area contributed by atoms with Gasteiger partial charge in [-0.05, 0) is 13.3 Å². The maximum Gasteiger partial charge on any atom is 0.140 e. The molecule has 0 aliphatic carbocycles. The number of rotatable bonds is 5. The third kappa shape index (κ3) is 5.39. The first-order valence-electron chi connectivity index (χ1n) is 6.19. The van der Waals surface area contributed by atoms with Crippen molar-refractivity contribution >= 4 is 17.6 Å². The van der Waals surface area contributed by atoms with E-state index in [4.69, 9.17) is 0 Å². The molecule has 0 radical (unpaired) electrons. The van der Waals surface area contributed by atoms with Gasteiger partial charge in [-0.1, -0.05) is 27.7 Å². The average molecular weight is 253 g/mol. The Hall–Kier alpha value is -0.770. The molecule has 0 fully saturated rings. The van der Waals surface area contributed by atoms with E-state index < -0.39 is 0 Å². The van der Waals surface area contributed by atoms with Crippen molar-refractivity contribution in [2.45, 2.75) is 51.5 Å². The molecule has 96 valence electrons. The molecule has 0 aromatic carbocycles. The monoisotopic (exact) mass is 253 g/mol. The highest BCUT2D eigenvalue weighted by molar-refractivity contribution is 7.99. The Labute approximate surface area is 109 Å². The lowest BCUT2D eigenvalue weighted by molar-refractivity contribution is 0.799. The maximum atomic E-state index is 4.57. The zero-order chi connectivity index (χ0) is 12.9. The molecular weight excluding hydrogens is 230 g/mol. The van der Waals surface area contributed by atoms with Crippen molar-refractivity contribution in [3.8, 4) is 0 Å². The van der Waals surface area contributed by atoms with Gasteiger partial charge in [-0.15, -0.1) is 11.8 Å². The second-order valence-corrected chi connectivity index (χ2v) is 6.75. The third-order valence-corrected chi connectivity index (χ3v) is 3.45. The SMILES string of the molecule is CCNc1cc(CC)nc(CSC(C)(C)C)n1. The lowest BCUT2D eigenvalue weighted by atomic mass is 10.3. The number of aromatic nitrogens is 2. The Morgan fingerprint density at radius 1 is 1.24 bits per heavy atom. The van der Waals surface area contributed by atoms with Crippen molar-refractivity contribution < 1.29 is 0 Å². The van der Waals surface area contributed by atoms with E-state index in [1.54, 1.807) is 0 Å². The van der Waals surface area contributed by atoms with Crippen LogP contribution >= 0.6 is 11.8 Å². The summed E-state index contributed by atoms with van der Waals surface area (Å²) in [6, 6.07) is 2.04. The molecule has 0 aliphatic rings. The van der Waals surface area contributed by atoms with Crippen molar-refractivity contribution in [2.75, 3.05) is 11.9 Å². The number of aryl methyl sites for hydroxylation is 1. The van der Waals surface area contributed by atoms with Crippen molar-refractivity contribution in [1.82, 2.24) is 9.97 Å². The first-order valence-corrected chi connectivity index (χ1v) is 7.18. The predicted molar refractivity (Wildman–Crippen MR) is 76.6 cm³/mol. The largest absolute Gasteiger partial charge is 0.370 e. The first-order chi connectivity index (χ1) is 7.94. The lowest BCUT2D eigenvalue weighted by Gasteiger charge is -2.17. The van der Waals surface area contributed by atoms with Crippen molar-refractivity contribution in [3.05, 3.63) is 17.6 Å². The van der Waals surface area contributed by atoms with Gasteiger partial charge in [0.05, 0.1) is 5.75 Å². The first kappa shape index (κ1) is 14.3. The second-order valence-electron chi connectivity index (χ2n) is 4.95. The number of nitrogens with one attached hydrogen (secondary N) is 1. The quantitative estimate of drug-likeness (QED) is 0.871. The number of hydrogen-bond acceptors (Lipinski definition) is 4. The summed E-state index contributed by atoms with van der Waals surface area (Å²) in [5.41, 5.74) is 1.11. The number of thioether (sulfide) groups is 1. The highest BCUT2D eigenvalue weighted by atomic mass is 32.2. The van der Waals surface area contributed by atoms with Gasteiger partial charge in [0.25, 0.3) is 0 Å². The molecule has 1 aromatic heterocycles. The van der Waals surface area contributed by atoms with Gasteiger partial charge >= 0.3 is 0 Å². The molecule has 17 heavy (non-hydrogen) atoms. The third-order valence-electron chi connectivity index (χ3n) is 2.18. The molecule has 0 atom stereocenters. The Balaban J connectivity index is 2.79. The topological polar surface area (TPSA) is 37.8 Å². The van der Waals surface area contributed by atoms with Crippen LogP contribution in [0.2, 0.25) is 0 Å². The molecule has 0 spiro atoms. The summed E-state index contributed by atoms with van der Waals surface area (Å²) in [5, 5.41) is 3.26. The zero-order valence-corrected chi connectivity index (χ0v) is 12.3. The Morgan fingerprint density at radius 3 is 2.47 bits per heavy atom. The van der Waals surface area contributed by atoms with E-state index in [1.165, 1.54) is 0 Å². The van der Waals surface area contributed by atoms with Crippen LogP contribution in [0.4, 0.5) is 5.82 Å². The van der Waals surface area contributed by atoms with Crippen LogP contribution < -0.4 is 5.32 Å². The van der Waals surface area contributed by atoms with Crippen molar-refractivity contribution in [2.24, 2.45) is 0 Å². The van der Waals surface area contributed by atoms with Gasteiger partial charge in [-0.3, -0.25) is 0 Å². The van der Waals surface area contributed by atoms with E-state index in [-0.39, 0.29) is 4.75 Å². The molecule has 0 unspecified atom stereocenters. The maximum absolute atomic E-state index is 4.57. The fourth-order valence-electron chi connectivity index (χ4n) is 1.35. The molecule has 1 N–H and O–H groups in total. The minimum absolute atomic E-state index is 0.254. The van der Waals surface area contributed by atoms with E-state index in [1.807, 2.05) is 17.8 Å². The van der Waals surface area contributed by atoms with Gasteiger partial charge in [0, 0.05) is 23.1 Å². The molecule has 4 heteroatoms. The molecule has 1 heterocycles.